The number of hydrogen-bond donors (Lipinski definition) is 0. The molecule has 34 heavy (non-hydrogen) atoms. The van der Waals surface area contributed by atoms with Gasteiger partial charge in [0, 0.05) is 5.39 Å². The lowest BCUT2D eigenvalue weighted by Gasteiger charge is -2.22. The SMILES string of the molecule is N#Cc1ccc(COC(=O)c2c3c(nc4ccccc24)C(=Cc2ccc(F)cc2)CCC3)cc1. The van der Waals surface area contributed by atoms with Gasteiger partial charge < -0.3 is 4.74 Å². The molecule has 5 rings (SSSR count). The molecule has 1 heterocycles. The van der Waals surface area contributed by atoms with Crippen LogP contribution in [-0.2, 0) is 17.8 Å². The first-order valence-corrected chi connectivity index (χ1v) is 11.2. The fourth-order valence-corrected chi connectivity index (χ4v) is 4.36. The molecule has 4 nitrogen and oxygen atoms in total. The van der Waals surface area contributed by atoms with E-state index in [-0.39, 0.29) is 18.4 Å². The van der Waals surface area contributed by atoms with Gasteiger partial charge in [-0.25, -0.2) is 14.2 Å². The van der Waals surface area contributed by atoms with Gasteiger partial charge in [0.2, 0.25) is 0 Å². The quantitative estimate of drug-likeness (QED) is 0.335. The Morgan fingerprint density at radius 3 is 2.56 bits per heavy atom. The average Bonchev–Trinajstić information content (AvgIpc) is 2.88. The van der Waals surface area contributed by atoms with Crippen LogP contribution in [0.1, 0.15) is 51.1 Å². The van der Waals surface area contributed by atoms with Crippen LogP contribution in [0, 0.1) is 17.1 Å². The van der Waals surface area contributed by atoms with Crippen molar-refractivity contribution in [2.24, 2.45) is 0 Å². The van der Waals surface area contributed by atoms with Crippen molar-refractivity contribution in [3.05, 3.63) is 112 Å². The van der Waals surface area contributed by atoms with Crippen molar-refractivity contribution in [3.63, 3.8) is 0 Å². The largest absolute Gasteiger partial charge is 0.457 e. The van der Waals surface area contributed by atoms with Crippen LogP contribution in [0.3, 0.4) is 0 Å². The summed E-state index contributed by atoms with van der Waals surface area (Å²) in [5.74, 6) is -0.662. The highest BCUT2D eigenvalue weighted by Gasteiger charge is 2.26. The van der Waals surface area contributed by atoms with Crippen LogP contribution in [0.5, 0.6) is 0 Å². The second-order valence-corrected chi connectivity index (χ2v) is 8.29. The molecule has 3 aromatic carbocycles. The Hall–Kier alpha value is -4.30. The minimum Gasteiger partial charge on any atom is -0.457 e. The Morgan fingerprint density at radius 1 is 1.03 bits per heavy atom. The zero-order valence-electron chi connectivity index (χ0n) is 18.4. The van der Waals surface area contributed by atoms with E-state index in [0.29, 0.717) is 11.1 Å². The summed E-state index contributed by atoms with van der Waals surface area (Å²) in [4.78, 5) is 18.3. The Morgan fingerprint density at radius 2 is 1.79 bits per heavy atom. The highest BCUT2D eigenvalue weighted by molar-refractivity contribution is 6.06. The molecule has 0 bridgehead atoms. The van der Waals surface area contributed by atoms with Crippen molar-refractivity contribution < 1.29 is 13.9 Å². The molecule has 166 valence electrons. The fraction of sp³-hybridized carbons (Fsp3) is 0.138. The van der Waals surface area contributed by atoms with Gasteiger partial charge in [0.1, 0.15) is 12.4 Å². The van der Waals surface area contributed by atoms with E-state index in [2.05, 4.69) is 6.07 Å². The zero-order chi connectivity index (χ0) is 23.5. The van der Waals surface area contributed by atoms with Crippen LogP contribution in [0.25, 0.3) is 22.6 Å². The molecule has 4 aromatic rings. The van der Waals surface area contributed by atoms with Gasteiger partial charge in [-0.3, -0.25) is 0 Å². The number of rotatable bonds is 4. The second kappa shape index (κ2) is 9.29. The Bertz CT molecular complexity index is 1450. The summed E-state index contributed by atoms with van der Waals surface area (Å²) in [6, 6.07) is 23.0. The Kier molecular flexibility index (Phi) is 5.88. The van der Waals surface area contributed by atoms with Crippen molar-refractivity contribution in [3.8, 4) is 6.07 Å². The van der Waals surface area contributed by atoms with Gasteiger partial charge in [-0.05, 0) is 77.9 Å². The maximum atomic E-state index is 13.4. The Labute approximate surface area is 197 Å². The third kappa shape index (κ3) is 4.31. The first kappa shape index (κ1) is 21.5. The number of nitriles is 1. The van der Waals surface area contributed by atoms with E-state index < -0.39 is 0 Å². The van der Waals surface area contributed by atoms with Crippen LogP contribution in [0.2, 0.25) is 0 Å². The molecule has 0 aliphatic heterocycles. The van der Waals surface area contributed by atoms with Gasteiger partial charge in [-0.15, -0.1) is 0 Å². The summed E-state index contributed by atoms with van der Waals surface area (Å²) in [7, 11) is 0. The van der Waals surface area contributed by atoms with Crippen molar-refractivity contribution in [2.45, 2.75) is 25.9 Å². The molecule has 0 N–H and O–H groups in total. The second-order valence-electron chi connectivity index (χ2n) is 8.29. The number of aromatic nitrogens is 1. The lowest BCUT2D eigenvalue weighted by Crippen LogP contribution is -2.15. The minimum absolute atomic E-state index is 0.119. The van der Waals surface area contributed by atoms with Crippen LogP contribution < -0.4 is 0 Å². The normalized spacial score (nSPS) is 13.9. The molecule has 0 spiro atoms. The number of benzene rings is 3. The molecule has 5 heteroatoms. The number of esters is 1. The molecule has 0 unspecified atom stereocenters. The van der Waals surface area contributed by atoms with Crippen molar-refractivity contribution in [1.82, 2.24) is 4.98 Å². The molecule has 0 radical (unpaired) electrons. The first-order chi connectivity index (χ1) is 16.6. The highest BCUT2D eigenvalue weighted by atomic mass is 19.1. The van der Waals surface area contributed by atoms with Crippen LogP contribution in [-0.4, -0.2) is 11.0 Å². The minimum atomic E-state index is -0.387. The van der Waals surface area contributed by atoms with E-state index in [9.17, 15) is 9.18 Å². The molecular formula is C29H21FN2O2. The van der Waals surface area contributed by atoms with Crippen molar-refractivity contribution in [1.29, 1.82) is 5.26 Å². The predicted octanol–water partition coefficient (Wildman–Crippen LogP) is 6.48. The van der Waals surface area contributed by atoms with Gasteiger partial charge in [0.15, 0.2) is 0 Å². The van der Waals surface area contributed by atoms with Gasteiger partial charge >= 0.3 is 5.97 Å². The number of carbonyl (C=O) groups excluding carboxylic acids is 1. The number of nitrogens with zero attached hydrogens (tertiary/aromatic N) is 2. The average molecular weight is 448 g/mol. The highest BCUT2D eigenvalue weighted by Crippen LogP contribution is 2.36. The van der Waals surface area contributed by atoms with E-state index in [1.54, 1.807) is 36.4 Å². The first-order valence-electron chi connectivity index (χ1n) is 11.2. The number of carbonyl (C=O) groups is 1. The van der Waals surface area contributed by atoms with Gasteiger partial charge in [0.05, 0.1) is 28.4 Å². The number of pyridine rings is 1. The van der Waals surface area contributed by atoms with E-state index in [0.717, 1.165) is 58.1 Å². The molecule has 1 aliphatic carbocycles. The summed E-state index contributed by atoms with van der Waals surface area (Å²) in [5.41, 5.74) is 6.28. The molecule has 1 aliphatic rings. The summed E-state index contributed by atoms with van der Waals surface area (Å²) in [6.45, 7) is 0.119. The van der Waals surface area contributed by atoms with Crippen molar-refractivity contribution in [2.75, 3.05) is 0 Å². The monoisotopic (exact) mass is 448 g/mol. The maximum Gasteiger partial charge on any atom is 0.339 e. The van der Waals surface area contributed by atoms with Gasteiger partial charge in [0.25, 0.3) is 0 Å². The van der Waals surface area contributed by atoms with Gasteiger partial charge in [-0.1, -0.05) is 42.5 Å². The zero-order valence-corrected chi connectivity index (χ0v) is 18.4. The summed E-state index contributed by atoms with van der Waals surface area (Å²) in [5, 5.41) is 9.74. The number of halogens is 1. The van der Waals surface area contributed by atoms with E-state index >= 15 is 0 Å². The van der Waals surface area contributed by atoms with Gasteiger partial charge in [-0.2, -0.15) is 5.26 Å². The van der Waals surface area contributed by atoms with E-state index in [1.807, 2.05) is 30.3 Å². The number of fused-ring (bicyclic) bond motifs is 2. The molecule has 1 aromatic heterocycles. The lowest BCUT2D eigenvalue weighted by molar-refractivity contribution is 0.0473. The van der Waals surface area contributed by atoms with Crippen molar-refractivity contribution >= 4 is 28.5 Å². The molecule has 0 saturated heterocycles. The van der Waals surface area contributed by atoms with Crippen LogP contribution in [0.15, 0.2) is 72.8 Å². The number of allylic oxidation sites excluding steroid dienone is 1. The number of ether oxygens (including phenoxy) is 1. The topological polar surface area (TPSA) is 63.0 Å². The lowest BCUT2D eigenvalue weighted by atomic mass is 9.86. The summed E-state index contributed by atoms with van der Waals surface area (Å²) in [6.07, 6.45) is 4.46. The third-order valence-corrected chi connectivity index (χ3v) is 6.04. The Balaban J connectivity index is 1.54. The summed E-state index contributed by atoms with van der Waals surface area (Å²) < 4.78 is 19.1. The standard InChI is InChI=1S/C29H21FN2O2/c30-23-14-12-19(13-15-23)16-22-4-3-6-25-27(24-5-1-2-7-26(24)32-28(22)25)29(33)34-18-21-10-8-20(17-31)9-11-21/h1-2,5,7-16H,3-4,6,18H2. The molecule has 0 saturated carbocycles. The molecular weight excluding hydrogens is 427 g/mol. The van der Waals surface area contributed by atoms with Crippen LogP contribution in [0.4, 0.5) is 4.39 Å². The number of para-hydroxylation sites is 1. The maximum absolute atomic E-state index is 13.4. The predicted molar refractivity (Wildman–Crippen MR) is 129 cm³/mol. The van der Waals surface area contributed by atoms with E-state index in [1.165, 1.54) is 12.1 Å². The molecule has 0 amide bonds. The number of hydrogen-bond acceptors (Lipinski definition) is 4. The summed E-state index contributed by atoms with van der Waals surface area (Å²) >= 11 is 0. The smallest absolute Gasteiger partial charge is 0.339 e. The molecule has 0 atom stereocenters. The third-order valence-electron chi connectivity index (χ3n) is 6.04. The molecule has 0 fully saturated rings. The van der Waals surface area contributed by atoms with E-state index in [4.69, 9.17) is 15.0 Å². The van der Waals surface area contributed by atoms with Crippen LogP contribution >= 0.6 is 0 Å². The fourth-order valence-electron chi connectivity index (χ4n) is 4.36.